The molecule has 0 heterocycles. The molecule has 1 fully saturated rings. The van der Waals surface area contributed by atoms with E-state index in [0.29, 0.717) is 0 Å². The van der Waals surface area contributed by atoms with E-state index in [1.54, 1.807) is 0 Å². The van der Waals surface area contributed by atoms with Crippen molar-refractivity contribution in [2.75, 3.05) is 0 Å². The van der Waals surface area contributed by atoms with E-state index in [4.69, 9.17) is 0 Å². The minimum absolute atomic E-state index is 0.685. The molecular weight excluding hydrogens is 256 g/mol. The second kappa shape index (κ2) is 6.28. The molecule has 3 rings (SSSR count). The highest BCUT2D eigenvalue weighted by atomic mass is 16.3. The van der Waals surface area contributed by atoms with E-state index in [2.05, 4.69) is 30.3 Å². The van der Waals surface area contributed by atoms with Gasteiger partial charge < -0.3 is 5.11 Å². The first-order valence-corrected chi connectivity index (χ1v) is 7.83. The van der Waals surface area contributed by atoms with E-state index in [-0.39, 0.29) is 0 Å². The van der Waals surface area contributed by atoms with Gasteiger partial charge in [-0.05, 0) is 35.6 Å². The summed E-state index contributed by atoms with van der Waals surface area (Å²) in [6.07, 6.45) is 7.32. The Morgan fingerprint density at radius 3 is 2.00 bits per heavy atom. The lowest BCUT2D eigenvalue weighted by molar-refractivity contribution is 0.0620. The van der Waals surface area contributed by atoms with Crippen LogP contribution in [0.4, 0.5) is 0 Å². The molecule has 0 aliphatic heterocycles. The number of benzene rings is 2. The minimum atomic E-state index is -0.685. The first-order valence-electron chi connectivity index (χ1n) is 7.83. The minimum Gasteiger partial charge on any atom is -0.385 e. The molecule has 0 atom stereocenters. The van der Waals surface area contributed by atoms with Crippen molar-refractivity contribution >= 4 is 11.6 Å². The first kappa shape index (κ1) is 14.1. The number of aliphatic hydroxyl groups is 1. The van der Waals surface area contributed by atoms with Crippen LogP contribution in [0.15, 0.2) is 60.7 Å². The normalized spacial score (nSPS) is 18.4. The summed E-state index contributed by atoms with van der Waals surface area (Å²) >= 11 is 0. The standard InChI is InChI=1S/C20H22O/c21-20(14-8-3-9-15-20)19(18-12-6-2-7-13-18)16-17-10-4-1-5-11-17/h1-2,4-7,10-13,16,21H,3,8-9,14-15H2. The fourth-order valence-electron chi connectivity index (χ4n) is 3.23. The smallest absolute Gasteiger partial charge is 0.0902 e. The monoisotopic (exact) mass is 278 g/mol. The Labute approximate surface area is 127 Å². The van der Waals surface area contributed by atoms with Crippen molar-refractivity contribution in [1.29, 1.82) is 0 Å². The van der Waals surface area contributed by atoms with Crippen LogP contribution in [0.3, 0.4) is 0 Å². The van der Waals surface area contributed by atoms with Crippen molar-refractivity contribution in [3.8, 4) is 0 Å². The summed E-state index contributed by atoms with van der Waals surface area (Å²) in [6.45, 7) is 0. The molecule has 0 saturated heterocycles. The van der Waals surface area contributed by atoms with E-state index in [1.807, 2.05) is 36.4 Å². The Morgan fingerprint density at radius 1 is 0.810 bits per heavy atom. The van der Waals surface area contributed by atoms with Gasteiger partial charge in [0.15, 0.2) is 0 Å². The molecule has 1 N–H and O–H groups in total. The molecule has 1 aliphatic carbocycles. The van der Waals surface area contributed by atoms with Crippen molar-refractivity contribution < 1.29 is 5.11 Å². The van der Waals surface area contributed by atoms with E-state index in [0.717, 1.165) is 42.4 Å². The van der Waals surface area contributed by atoms with E-state index < -0.39 is 5.60 Å². The van der Waals surface area contributed by atoms with E-state index >= 15 is 0 Å². The van der Waals surface area contributed by atoms with Crippen molar-refractivity contribution in [2.45, 2.75) is 37.7 Å². The molecule has 21 heavy (non-hydrogen) atoms. The molecule has 1 nitrogen and oxygen atoms in total. The van der Waals surface area contributed by atoms with Gasteiger partial charge in [0.2, 0.25) is 0 Å². The summed E-state index contributed by atoms with van der Waals surface area (Å²) in [7, 11) is 0. The predicted molar refractivity (Wildman–Crippen MR) is 88.8 cm³/mol. The van der Waals surface area contributed by atoms with Gasteiger partial charge in [-0.25, -0.2) is 0 Å². The number of hydrogen-bond donors (Lipinski definition) is 1. The molecule has 0 radical (unpaired) electrons. The third-order valence-corrected chi connectivity index (χ3v) is 4.38. The van der Waals surface area contributed by atoms with Gasteiger partial charge in [0, 0.05) is 0 Å². The Kier molecular flexibility index (Phi) is 4.21. The molecule has 108 valence electrons. The van der Waals surface area contributed by atoms with Gasteiger partial charge in [0.25, 0.3) is 0 Å². The Balaban J connectivity index is 2.05. The molecule has 0 amide bonds. The lowest BCUT2D eigenvalue weighted by Gasteiger charge is -2.35. The van der Waals surface area contributed by atoms with Crippen molar-refractivity contribution in [3.63, 3.8) is 0 Å². The zero-order valence-electron chi connectivity index (χ0n) is 12.3. The number of rotatable bonds is 3. The van der Waals surface area contributed by atoms with Gasteiger partial charge in [0.1, 0.15) is 0 Å². The Bertz CT molecular complexity index is 592. The molecule has 2 aromatic rings. The van der Waals surface area contributed by atoms with E-state index in [1.165, 1.54) is 6.42 Å². The van der Waals surface area contributed by atoms with Crippen LogP contribution in [0.25, 0.3) is 11.6 Å². The Morgan fingerprint density at radius 2 is 1.38 bits per heavy atom. The number of hydrogen-bond acceptors (Lipinski definition) is 1. The molecule has 2 aromatic carbocycles. The van der Waals surface area contributed by atoms with Crippen LogP contribution >= 0.6 is 0 Å². The summed E-state index contributed by atoms with van der Waals surface area (Å²) in [5.74, 6) is 0. The average Bonchev–Trinajstić information content (AvgIpc) is 2.55. The van der Waals surface area contributed by atoms with Gasteiger partial charge in [0.05, 0.1) is 5.60 Å². The lowest BCUT2D eigenvalue weighted by atomic mass is 9.76. The first-order chi connectivity index (χ1) is 10.3. The fraction of sp³-hybridized carbons (Fsp3) is 0.300. The van der Waals surface area contributed by atoms with Gasteiger partial charge in [-0.3, -0.25) is 0 Å². The summed E-state index contributed by atoms with van der Waals surface area (Å²) in [4.78, 5) is 0. The van der Waals surface area contributed by atoms with Crippen LogP contribution in [0.2, 0.25) is 0 Å². The summed E-state index contributed by atoms with van der Waals surface area (Å²) in [6, 6.07) is 20.6. The quantitative estimate of drug-likeness (QED) is 0.790. The Hall–Kier alpha value is -1.86. The van der Waals surface area contributed by atoms with Gasteiger partial charge >= 0.3 is 0 Å². The van der Waals surface area contributed by atoms with Crippen LogP contribution in [0.5, 0.6) is 0 Å². The maximum absolute atomic E-state index is 11.2. The molecule has 0 bridgehead atoms. The van der Waals surface area contributed by atoms with Gasteiger partial charge in [-0.1, -0.05) is 79.9 Å². The lowest BCUT2D eigenvalue weighted by Crippen LogP contribution is -2.32. The van der Waals surface area contributed by atoms with Crippen LogP contribution < -0.4 is 0 Å². The molecular formula is C20H22O. The SMILES string of the molecule is OC1(C(=Cc2ccccc2)c2ccccc2)CCCCC1. The summed E-state index contributed by atoms with van der Waals surface area (Å²) in [5.41, 5.74) is 2.66. The van der Waals surface area contributed by atoms with Gasteiger partial charge in [-0.2, -0.15) is 0 Å². The fourth-order valence-corrected chi connectivity index (χ4v) is 3.23. The maximum atomic E-state index is 11.2. The van der Waals surface area contributed by atoms with Crippen LogP contribution in [-0.2, 0) is 0 Å². The molecule has 0 aromatic heterocycles. The van der Waals surface area contributed by atoms with Crippen LogP contribution in [-0.4, -0.2) is 10.7 Å². The third kappa shape index (κ3) is 3.25. The average molecular weight is 278 g/mol. The van der Waals surface area contributed by atoms with Crippen LogP contribution in [0.1, 0.15) is 43.2 Å². The third-order valence-electron chi connectivity index (χ3n) is 4.38. The second-order valence-corrected chi connectivity index (χ2v) is 5.93. The van der Waals surface area contributed by atoms with Gasteiger partial charge in [-0.15, -0.1) is 0 Å². The molecule has 1 aliphatic rings. The predicted octanol–water partition coefficient (Wildman–Crippen LogP) is 4.92. The molecule has 0 unspecified atom stereocenters. The highest BCUT2D eigenvalue weighted by Crippen LogP contribution is 2.40. The van der Waals surface area contributed by atoms with Crippen LogP contribution in [0, 0.1) is 0 Å². The highest BCUT2D eigenvalue weighted by molar-refractivity contribution is 5.86. The zero-order chi connectivity index (χ0) is 14.5. The second-order valence-electron chi connectivity index (χ2n) is 5.93. The topological polar surface area (TPSA) is 20.2 Å². The zero-order valence-corrected chi connectivity index (χ0v) is 12.3. The summed E-state index contributed by atoms with van der Waals surface area (Å²) in [5, 5.41) is 11.2. The van der Waals surface area contributed by atoms with Crippen molar-refractivity contribution in [3.05, 3.63) is 71.8 Å². The molecule has 1 saturated carbocycles. The highest BCUT2D eigenvalue weighted by Gasteiger charge is 2.33. The van der Waals surface area contributed by atoms with E-state index in [9.17, 15) is 5.11 Å². The molecule has 1 heteroatoms. The van der Waals surface area contributed by atoms with Crippen molar-refractivity contribution in [1.82, 2.24) is 0 Å². The summed E-state index contributed by atoms with van der Waals surface area (Å²) < 4.78 is 0. The molecule has 0 spiro atoms. The maximum Gasteiger partial charge on any atom is 0.0902 e. The van der Waals surface area contributed by atoms with Crippen molar-refractivity contribution in [2.24, 2.45) is 0 Å². The largest absolute Gasteiger partial charge is 0.385 e.